The van der Waals surface area contributed by atoms with E-state index >= 15 is 0 Å². The van der Waals surface area contributed by atoms with E-state index in [2.05, 4.69) is 26.1 Å². The first-order valence-corrected chi connectivity index (χ1v) is 7.37. The molecule has 0 fully saturated rings. The van der Waals surface area contributed by atoms with Crippen LogP contribution in [0.3, 0.4) is 0 Å². The number of hydrogen-bond acceptors (Lipinski definition) is 3. The second-order valence-electron chi connectivity index (χ2n) is 7.31. The Kier molecular flexibility index (Phi) is 5.64. The normalized spacial score (nSPS) is 12.0. The second kappa shape index (κ2) is 6.83. The monoisotopic (exact) mass is 292 g/mol. The number of nitrogens with two attached hydrogens (primary N) is 1. The lowest BCUT2D eigenvalue weighted by molar-refractivity contribution is -0.123. The van der Waals surface area contributed by atoms with Gasteiger partial charge in [0.15, 0.2) is 0 Å². The van der Waals surface area contributed by atoms with E-state index in [1.165, 1.54) is 0 Å². The Morgan fingerprint density at radius 3 is 2.38 bits per heavy atom. The molecule has 21 heavy (non-hydrogen) atoms. The number of carbonyl (C=O) groups is 1. The highest BCUT2D eigenvalue weighted by atomic mass is 16.5. The van der Waals surface area contributed by atoms with Crippen molar-refractivity contribution < 1.29 is 9.53 Å². The number of anilines is 1. The fourth-order valence-electron chi connectivity index (χ4n) is 2.68. The molecule has 0 aliphatic carbocycles. The van der Waals surface area contributed by atoms with E-state index in [1.807, 2.05) is 26.0 Å². The van der Waals surface area contributed by atoms with Crippen LogP contribution in [0.1, 0.15) is 47.5 Å². The van der Waals surface area contributed by atoms with Gasteiger partial charge < -0.3 is 15.8 Å². The maximum Gasteiger partial charge on any atom is 0.223 e. The molecule has 4 heteroatoms. The lowest BCUT2D eigenvalue weighted by Gasteiger charge is -2.33. The molecular weight excluding hydrogens is 264 g/mol. The van der Waals surface area contributed by atoms with Crippen LogP contribution in [-0.4, -0.2) is 18.1 Å². The number of benzene rings is 1. The first-order valence-electron chi connectivity index (χ1n) is 7.37. The van der Waals surface area contributed by atoms with Crippen molar-refractivity contribution in [2.45, 2.75) is 53.0 Å². The number of nitrogens with one attached hydrogen (secondary N) is 1. The van der Waals surface area contributed by atoms with Gasteiger partial charge in [0, 0.05) is 5.54 Å². The molecule has 0 heterocycles. The first kappa shape index (κ1) is 17.3. The molecule has 0 atom stereocenters. The van der Waals surface area contributed by atoms with E-state index in [1.54, 1.807) is 12.1 Å². The zero-order valence-electron chi connectivity index (χ0n) is 13.8. The van der Waals surface area contributed by atoms with Crippen molar-refractivity contribution in [3.63, 3.8) is 0 Å². The highest BCUT2D eigenvalue weighted by Crippen LogP contribution is 2.26. The number of para-hydroxylation sites is 2. The fraction of sp³-hybridized carbons (Fsp3) is 0.588. The van der Waals surface area contributed by atoms with Crippen LogP contribution in [-0.2, 0) is 4.79 Å². The summed E-state index contributed by atoms with van der Waals surface area (Å²) in [5.41, 5.74) is 6.32. The third-order valence-corrected chi connectivity index (χ3v) is 2.96. The van der Waals surface area contributed by atoms with Gasteiger partial charge in [-0.15, -0.1) is 0 Å². The number of hydrogen-bond donors (Lipinski definition) is 2. The molecule has 1 aromatic rings. The van der Waals surface area contributed by atoms with Gasteiger partial charge in [0.05, 0.1) is 18.7 Å². The van der Waals surface area contributed by atoms with Crippen LogP contribution in [0.25, 0.3) is 0 Å². The smallest absolute Gasteiger partial charge is 0.223 e. The largest absolute Gasteiger partial charge is 0.491 e. The van der Waals surface area contributed by atoms with Crippen molar-refractivity contribution in [3.05, 3.63) is 24.3 Å². The van der Waals surface area contributed by atoms with Crippen LogP contribution in [0.2, 0.25) is 0 Å². The number of nitrogen functional groups attached to an aromatic ring is 1. The van der Waals surface area contributed by atoms with E-state index < -0.39 is 0 Å². The van der Waals surface area contributed by atoms with Gasteiger partial charge in [-0.25, -0.2) is 0 Å². The molecule has 0 bridgehead atoms. The third-order valence-electron chi connectivity index (χ3n) is 2.96. The van der Waals surface area contributed by atoms with Gasteiger partial charge >= 0.3 is 0 Å². The molecule has 0 saturated heterocycles. The number of amides is 1. The van der Waals surface area contributed by atoms with Crippen molar-refractivity contribution in [2.24, 2.45) is 5.41 Å². The second-order valence-corrected chi connectivity index (χ2v) is 7.31. The molecule has 0 spiro atoms. The molecule has 4 nitrogen and oxygen atoms in total. The van der Waals surface area contributed by atoms with E-state index in [4.69, 9.17) is 10.5 Å². The predicted octanol–water partition coefficient (Wildman–Crippen LogP) is 3.37. The minimum atomic E-state index is -0.221. The minimum Gasteiger partial charge on any atom is -0.491 e. The summed E-state index contributed by atoms with van der Waals surface area (Å²) in [5, 5.41) is 3.06. The summed E-state index contributed by atoms with van der Waals surface area (Å²) in [7, 11) is 0. The van der Waals surface area contributed by atoms with Crippen molar-refractivity contribution in [2.75, 3.05) is 12.3 Å². The van der Waals surface area contributed by atoms with Gasteiger partial charge in [-0.3, -0.25) is 4.79 Å². The highest BCUT2D eigenvalue weighted by Gasteiger charge is 2.26. The van der Waals surface area contributed by atoms with Crippen LogP contribution in [0.15, 0.2) is 24.3 Å². The van der Waals surface area contributed by atoms with Gasteiger partial charge in [0.1, 0.15) is 5.75 Å². The Bertz CT molecular complexity index is 476. The van der Waals surface area contributed by atoms with E-state index in [0.29, 0.717) is 24.5 Å². The Labute approximate surface area is 128 Å². The van der Waals surface area contributed by atoms with Gasteiger partial charge in [-0.1, -0.05) is 32.9 Å². The summed E-state index contributed by atoms with van der Waals surface area (Å²) in [6, 6.07) is 7.29. The highest BCUT2D eigenvalue weighted by molar-refractivity contribution is 5.76. The zero-order chi connectivity index (χ0) is 16.1. The van der Waals surface area contributed by atoms with Crippen LogP contribution in [0.4, 0.5) is 5.69 Å². The number of ether oxygens (including phenoxy) is 1. The molecule has 1 amide bonds. The average Bonchev–Trinajstić information content (AvgIpc) is 2.27. The van der Waals surface area contributed by atoms with Crippen molar-refractivity contribution in [3.8, 4) is 5.75 Å². The molecule has 0 aliphatic rings. The minimum absolute atomic E-state index is 0.00116. The van der Waals surface area contributed by atoms with Gasteiger partial charge in [-0.05, 0) is 37.8 Å². The van der Waals surface area contributed by atoms with Gasteiger partial charge in [0.25, 0.3) is 0 Å². The fourth-order valence-corrected chi connectivity index (χ4v) is 2.68. The molecular formula is C17H28N2O2. The van der Waals surface area contributed by atoms with Crippen molar-refractivity contribution >= 4 is 11.6 Å². The molecule has 0 aliphatic heterocycles. The molecule has 0 radical (unpaired) electrons. The third kappa shape index (κ3) is 7.02. The van der Waals surface area contributed by atoms with E-state index in [-0.39, 0.29) is 16.9 Å². The number of rotatable bonds is 6. The summed E-state index contributed by atoms with van der Waals surface area (Å²) < 4.78 is 5.54. The van der Waals surface area contributed by atoms with Crippen molar-refractivity contribution in [1.82, 2.24) is 5.32 Å². The zero-order valence-corrected chi connectivity index (χ0v) is 13.8. The SMILES string of the molecule is CC(C)(C)CC(C)(C)NC(=O)CCOc1ccccc1N. The standard InChI is InChI=1S/C17H28N2O2/c1-16(2,3)12-17(4,5)19-15(20)10-11-21-14-9-7-6-8-13(14)18/h6-9H,10-12,18H2,1-5H3,(H,19,20). The topological polar surface area (TPSA) is 64.3 Å². The first-order chi connectivity index (χ1) is 9.59. The lowest BCUT2D eigenvalue weighted by atomic mass is 9.82. The molecule has 0 aromatic heterocycles. The molecule has 1 rings (SSSR count). The van der Waals surface area contributed by atoms with Gasteiger partial charge in [-0.2, -0.15) is 0 Å². The van der Waals surface area contributed by atoms with Crippen molar-refractivity contribution in [1.29, 1.82) is 0 Å². The Morgan fingerprint density at radius 1 is 1.19 bits per heavy atom. The van der Waals surface area contributed by atoms with Crippen LogP contribution in [0, 0.1) is 5.41 Å². The molecule has 0 unspecified atom stereocenters. The Morgan fingerprint density at radius 2 is 1.81 bits per heavy atom. The predicted molar refractivity (Wildman–Crippen MR) is 87.3 cm³/mol. The quantitative estimate of drug-likeness (QED) is 0.790. The maximum atomic E-state index is 12.0. The molecule has 0 saturated carbocycles. The summed E-state index contributed by atoms with van der Waals surface area (Å²) in [6.45, 7) is 10.9. The van der Waals surface area contributed by atoms with Crippen LogP contribution < -0.4 is 15.8 Å². The molecule has 118 valence electrons. The average molecular weight is 292 g/mol. The van der Waals surface area contributed by atoms with E-state index in [0.717, 1.165) is 6.42 Å². The lowest BCUT2D eigenvalue weighted by Crippen LogP contribution is -2.46. The summed E-state index contributed by atoms with van der Waals surface area (Å²) in [4.78, 5) is 12.0. The molecule has 1 aromatic carbocycles. The van der Waals surface area contributed by atoms with Crippen LogP contribution in [0.5, 0.6) is 5.75 Å². The summed E-state index contributed by atoms with van der Waals surface area (Å²) >= 11 is 0. The van der Waals surface area contributed by atoms with Crippen LogP contribution >= 0.6 is 0 Å². The van der Waals surface area contributed by atoms with E-state index in [9.17, 15) is 4.79 Å². The molecule has 3 N–H and O–H groups in total. The Hall–Kier alpha value is -1.71. The Balaban J connectivity index is 2.39. The maximum absolute atomic E-state index is 12.0. The summed E-state index contributed by atoms with van der Waals surface area (Å²) in [5.74, 6) is 0.623. The number of carbonyl (C=O) groups excluding carboxylic acids is 1. The van der Waals surface area contributed by atoms with Gasteiger partial charge in [0.2, 0.25) is 5.91 Å². The summed E-state index contributed by atoms with van der Waals surface area (Å²) in [6.07, 6.45) is 1.24.